The number of carbonyl (C=O) groups is 1. The molecule has 0 atom stereocenters. The van der Waals surface area contributed by atoms with Crippen LogP contribution in [0.15, 0.2) is 83.3 Å². The summed E-state index contributed by atoms with van der Waals surface area (Å²) in [6.07, 6.45) is 3.01. The van der Waals surface area contributed by atoms with Crippen molar-refractivity contribution in [2.75, 3.05) is 5.32 Å². The van der Waals surface area contributed by atoms with E-state index in [-0.39, 0.29) is 5.91 Å². The second-order valence-electron chi connectivity index (χ2n) is 7.63. The molecule has 3 aromatic carbocycles. The van der Waals surface area contributed by atoms with E-state index < -0.39 is 0 Å². The first-order valence-electron chi connectivity index (χ1n) is 10.4. The second-order valence-corrected chi connectivity index (χ2v) is 8.47. The van der Waals surface area contributed by atoms with Gasteiger partial charge in [-0.25, -0.2) is 0 Å². The first kappa shape index (κ1) is 21.9. The number of hydrogen-bond acceptors (Lipinski definition) is 4. The molecule has 0 radical (unpaired) electrons. The number of benzene rings is 3. The van der Waals surface area contributed by atoms with E-state index in [1.807, 2.05) is 49.4 Å². The number of carbonyl (C=O) groups excluding carboxylic acids is 1. The molecule has 8 heteroatoms. The summed E-state index contributed by atoms with van der Waals surface area (Å²) in [4.78, 5) is 14.1. The molecule has 1 amide bonds. The lowest BCUT2D eigenvalue weighted by molar-refractivity contribution is -0.111. The van der Waals surface area contributed by atoms with Gasteiger partial charge in [-0.15, -0.1) is 10.2 Å². The second kappa shape index (κ2) is 9.17. The van der Waals surface area contributed by atoms with Crippen LogP contribution in [0.2, 0.25) is 10.0 Å². The minimum atomic E-state index is -0.291. The van der Waals surface area contributed by atoms with Crippen molar-refractivity contribution in [2.24, 2.45) is 0 Å². The average Bonchev–Trinajstić information content (AvgIpc) is 3.45. The smallest absolute Gasteiger partial charge is 0.248 e. The number of fused-ring (bicyclic) bond motifs is 1. The molecule has 2 aromatic heterocycles. The molecule has 0 aliphatic rings. The van der Waals surface area contributed by atoms with E-state index in [2.05, 4.69) is 15.5 Å². The van der Waals surface area contributed by atoms with Gasteiger partial charge in [-0.1, -0.05) is 41.4 Å². The number of rotatable bonds is 5. The third-order valence-electron chi connectivity index (χ3n) is 5.19. The first-order chi connectivity index (χ1) is 16.5. The number of nitrogens with one attached hydrogen (secondary N) is 1. The molecular formula is C26H18Cl2N4O2. The Bertz CT molecular complexity index is 1540. The summed E-state index contributed by atoms with van der Waals surface area (Å²) in [5.74, 6) is 0.819. The van der Waals surface area contributed by atoms with Crippen LogP contribution in [-0.2, 0) is 4.79 Å². The lowest BCUT2D eigenvalue weighted by Gasteiger charge is -2.05. The molecule has 1 N–H and O–H groups in total. The number of nitrogens with zero attached hydrogens (tertiary/aromatic N) is 3. The van der Waals surface area contributed by atoms with E-state index in [4.69, 9.17) is 27.6 Å². The predicted molar refractivity (Wildman–Crippen MR) is 135 cm³/mol. The molecule has 6 nitrogen and oxygen atoms in total. The van der Waals surface area contributed by atoms with Crippen molar-refractivity contribution in [3.05, 3.63) is 100 Å². The number of anilines is 1. The first-order valence-corrected chi connectivity index (χ1v) is 11.2. The largest absolute Gasteiger partial charge is 0.457 e. The van der Waals surface area contributed by atoms with E-state index >= 15 is 0 Å². The van der Waals surface area contributed by atoms with Gasteiger partial charge in [-0.05, 0) is 73.2 Å². The van der Waals surface area contributed by atoms with Gasteiger partial charge in [0.1, 0.15) is 22.6 Å². The zero-order valence-electron chi connectivity index (χ0n) is 18.0. The molecule has 34 heavy (non-hydrogen) atoms. The van der Waals surface area contributed by atoms with Crippen LogP contribution in [0.25, 0.3) is 34.1 Å². The topological polar surface area (TPSA) is 73.0 Å². The third-order valence-corrected chi connectivity index (χ3v) is 5.74. The van der Waals surface area contributed by atoms with Crippen LogP contribution in [0.5, 0.6) is 0 Å². The van der Waals surface area contributed by atoms with Gasteiger partial charge >= 0.3 is 0 Å². The number of halogens is 2. The number of hydrogen-bond donors (Lipinski definition) is 1. The van der Waals surface area contributed by atoms with E-state index in [1.54, 1.807) is 41.2 Å². The maximum absolute atomic E-state index is 12.6. The SMILES string of the molecule is Cc1cc2nn(-c3ccccc3)nc2cc1NC(=O)/C=C/c1ccc(-c2ccc(Cl)cc2Cl)o1. The molecule has 2 heterocycles. The number of furan rings is 1. The van der Waals surface area contributed by atoms with Crippen LogP contribution in [0, 0.1) is 6.92 Å². The van der Waals surface area contributed by atoms with Crippen molar-refractivity contribution in [3.63, 3.8) is 0 Å². The summed E-state index contributed by atoms with van der Waals surface area (Å²) in [6, 6.07) is 22.1. The Kier molecular flexibility index (Phi) is 5.92. The number of aromatic nitrogens is 3. The van der Waals surface area contributed by atoms with Crippen LogP contribution in [0.1, 0.15) is 11.3 Å². The van der Waals surface area contributed by atoms with Crippen LogP contribution in [0.3, 0.4) is 0 Å². The van der Waals surface area contributed by atoms with Crippen LogP contribution in [-0.4, -0.2) is 20.9 Å². The molecule has 0 saturated heterocycles. The summed E-state index contributed by atoms with van der Waals surface area (Å²) < 4.78 is 5.80. The monoisotopic (exact) mass is 488 g/mol. The molecule has 0 bridgehead atoms. The highest BCUT2D eigenvalue weighted by Gasteiger charge is 2.11. The van der Waals surface area contributed by atoms with Crippen molar-refractivity contribution < 1.29 is 9.21 Å². The molecule has 0 aliphatic heterocycles. The van der Waals surface area contributed by atoms with Gasteiger partial charge < -0.3 is 9.73 Å². The molecule has 5 rings (SSSR count). The molecule has 0 unspecified atom stereocenters. The van der Waals surface area contributed by atoms with E-state index in [1.165, 1.54) is 6.08 Å². The maximum Gasteiger partial charge on any atom is 0.248 e. The van der Waals surface area contributed by atoms with Gasteiger partial charge in [-0.3, -0.25) is 4.79 Å². The Labute approximate surface area is 205 Å². The lowest BCUT2D eigenvalue weighted by Crippen LogP contribution is -2.08. The van der Waals surface area contributed by atoms with Gasteiger partial charge in [0.15, 0.2) is 0 Å². The Morgan fingerprint density at radius 3 is 2.50 bits per heavy atom. The summed E-state index contributed by atoms with van der Waals surface area (Å²) >= 11 is 12.2. The van der Waals surface area contributed by atoms with Gasteiger partial charge in [0.05, 0.1) is 10.7 Å². The average molecular weight is 489 g/mol. The maximum atomic E-state index is 12.6. The molecule has 0 spiro atoms. The Morgan fingerprint density at radius 1 is 0.971 bits per heavy atom. The predicted octanol–water partition coefficient (Wildman–Crippen LogP) is 6.95. The lowest BCUT2D eigenvalue weighted by atomic mass is 10.1. The Balaban J connectivity index is 1.32. The van der Waals surface area contributed by atoms with Gasteiger partial charge in [-0.2, -0.15) is 4.80 Å². The fraction of sp³-hybridized carbons (Fsp3) is 0.0385. The third kappa shape index (κ3) is 4.59. The van der Waals surface area contributed by atoms with Crippen molar-refractivity contribution in [1.82, 2.24) is 15.0 Å². The fourth-order valence-electron chi connectivity index (χ4n) is 3.49. The van der Waals surface area contributed by atoms with Crippen molar-refractivity contribution in [3.8, 4) is 17.0 Å². The molecular weight excluding hydrogens is 471 g/mol. The number of para-hydroxylation sites is 1. The minimum absolute atomic E-state index is 0.291. The van der Waals surface area contributed by atoms with Crippen LogP contribution < -0.4 is 5.32 Å². The van der Waals surface area contributed by atoms with Crippen LogP contribution in [0.4, 0.5) is 5.69 Å². The number of aryl methyl sites for hydroxylation is 1. The van der Waals surface area contributed by atoms with Crippen LogP contribution >= 0.6 is 23.2 Å². The van der Waals surface area contributed by atoms with Crippen molar-refractivity contribution in [1.29, 1.82) is 0 Å². The Hall–Kier alpha value is -3.87. The molecule has 0 aliphatic carbocycles. The normalized spacial score (nSPS) is 11.4. The zero-order chi connectivity index (χ0) is 23.7. The van der Waals surface area contributed by atoms with Gasteiger partial charge in [0.25, 0.3) is 0 Å². The molecule has 0 saturated carbocycles. The van der Waals surface area contributed by atoms with Gasteiger partial charge in [0.2, 0.25) is 5.91 Å². The highest BCUT2D eigenvalue weighted by molar-refractivity contribution is 6.36. The highest BCUT2D eigenvalue weighted by Crippen LogP contribution is 2.31. The summed E-state index contributed by atoms with van der Waals surface area (Å²) in [5.41, 5.74) is 4.57. The standard InChI is InChI=1S/C26H18Cl2N4O2/c1-16-13-23-24(31-32(30-23)18-5-3-2-4-6-18)15-22(16)29-26(33)12-9-19-8-11-25(34-19)20-10-7-17(27)14-21(20)28/h2-15H,1H3,(H,29,33)/b12-9+. The van der Waals surface area contributed by atoms with Crippen molar-refractivity contribution in [2.45, 2.75) is 6.92 Å². The quantitative estimate of drug-likeness (QED) is 0.271. The molecule has 0 fully saturated rings. The summed E-state index contributed by atoms with van der Waals surface area (Å²) in [7, 11) is 0. The Morgan fingerprint density at radius 2 is 1.74 bits per heavy atom. The summed E-state index contributed by atoms with van der Waals surface area (Å²) in [6.45, 7) is 1.91. The number of amides is 1. The summed E-state index contributed by atoms with van der Waals surface area (Å²) in [5, 5.41) is 13.0. The minimum Gasteiger partial charge on any atom is -0.457 e. The van der Waals surface area contributed by atoms with E-state index in [9.17, 15) is 4.79 Å². The molecule has 5 aromatic rings. The van der Waals surface area contributed by atoms with Gasteiger partial charge in [0, 0.05) is 22.3 Å². The van der Waals surface area contributed by atoms with E-state index in [0.717, 1.165) is 22.3 Å². The zero-order valence-corrected chi connectivity index (χ0v) is 19.5. The van der Waals surface area contributed by atoms with Crippen molar-refractivity contribution >= 4 is 51.9 Å². The van der Waals surface area contributed by atoms with E-state index in [0.29, 0.717) is 32.8 Å². The highest BCUT2D eigenvalue weighted by atomic mass is 35.5. The molecule has 168 valence electrons. The fourth-order valence-corrected chi connectivity index (χ4v) is 3.99.